The highest BCUT2D eigenvalue weighted by molar-refractivity contribution is 6.04. The first-order chi connectivity index (χ1) is 11.7. The van der Waals surface area contributed by atoms with E-state index in [0.29, 0.717) is 19.3 Å². The first-order valence-corrected chi connectivity index (χ1v) is 7.42. The Labute approximate surface area is 140 Å². The Morgan fingerprint density at radius 2 is 1.96 bits per heavy atom. The van der Waals surface area contributed by atoms with Gasteiger partial charge in [-0.05, 0) is 25.7 Å². The molecule has 0 saturated heterocycles. The van der Waals surface area contributed by atoms with Crippen molar-refractivity contribution in [2.24, 2.45) is 16.5 Å². The van der Waals surface area contributed by atoms with Crippen LogP contribution in [-0.2, 0) is 4.79 Å². The third-order valence-corrected chi connectivity index (χ3v) is 3.63. The standard InChI is InChI=1S/C14H17F3N6O2/c15-14(16,17)11(18)7-3-1-2-4-8(7)20-5-9(24)23-13-10(12(19)25)21-6-22-13/h6H,1-5,18H2,(H2,19,25)(H,21,22)(H,23,24). The van der Waals surface area contributed by atoms with Crippen molar-refractivity contribution in [3.63, 3.8) is 0 Å². The molecule has 0 spiro atoms. The van der Waals surface area contributed by atoms with E-state index in [0.717, 1.165) is 0 Å². The molecule has 0 bridgehead atoms. The first-order valence-electron chi connectivity index (χ1n) is 7.42. The van der Waals surface area contributed by atoms with Gasteiger partial charge in [-0.15, -0.1) is 0 Å². The molecule has 1 aliphatic rings. The molecule has 11 heteroatoms. The molecule has 1 heterocycles. The van der Waals surface area contributed by atoms with Crippen molar-refractivity contribution in [3.05, 3.63) is 23.3 Å². The molecule has 0 aromatic carbocycles. The Morgan fingerprint density at radius 3 is 2.60 bits per heavy atom. The van der Waals surface area contributed by atoms with Crippen molar-refractivity contribution in [3.8, 4) is 0 Å². The van der Waals surface area contributed by atoms with Gasteiger partial charge in [0.1, 0.15) is 17.9 Å². The fourth-order valence-corrected chi connectivity index (χ4v) is 2.44. The van der Waals surface area contributed by atoms with Crippen LogP contribution in [0, 0.1) is 0 Å². The second kappa shape index (κ2) is 7.36. The number of H-pyrrole nitrogens is 1. The monoisotopic (exact) mass is 358 g/mol. The normalized spacial score (nSPS) is 18.9. The summed E-state index contributed by atoms with van der Waals surface area (Å²) in [6, 6.07) is 0. The van der Waals surface area contributed by atoms with Gasteiger partial charge < -0.3 is 21.8 Å². The van der Waals surface area contributed by atoms with Crippen LogP contribution < -0.4 is 16.8 Å². The van der Waals surface area contributed by atoms with E-state index in [9.17, 15) is 22.8 Å². The number of halogens is 3. The van der Waals surface area contributed by atoms with E-state index in [1.54, 1.807) is 0 Å². The minimum atomic E-state index is -4.64. The third-order valence-electron chi connectivity index (χ3n) is 3.63. The number of aliphatic imine (C=N–C) groups is 1. The number of alkyl halides is 3. The van der Waals surface area contributed by atoms with Gasteiger partial charge in [0.05, 0.1) is 6.33 Å². The molecule has 2 rings (SSSR count). The lowest BCUT2D eigenvalue weighted by atomic mass is 9.91. The highest BCUT2D eigenvalue weighted by atomic mass is 19.4. The lowest BCUT2D eigenvalue weighted by Gasteiger charge is -2.20. The summed E-state index contributed by atoms with van der Waals surface area (Å²) in [5, 5.41) is 2.33. The van der Waals surface area contributed by atoms with E-state index in [-0.39, 0.29) is 29.2 Å². The summed E-state index contributed by atoms with van der Waals surface area (Å²) in [7, 11) is 0. The minimum Gasteiger partial charge on any atom is -0.394 e. The summed E-state index contributed by atoms with van der Waals surface area (Å²) in [5.74, 6) is -1.51. The predicted octanol–water partition coefficient (Wildman–Crippen LogP) is 1.24. The Bertz CT molecular complexity index is 735. The fourth-order valence-electron chi connectivity index (χ4n) is 2.44. The smallest absolute Gasteiger partial charge is 0.394 e. The Balaban J connectivity index is 2.12. The third kappa shape index (κ3) is 4.58. The lowest BCUT2D eigenvalue weighted by molar-refractivity contribution is -0.114. The van der Waals surface area contributed by atoms with Gasteiger partial charge in [0.25, 0.3) is 5.91 Å². The largest absolute Gasteiger partial charge is 0.431 e. The zero-order valence-electron chi connectivity index (χ0n) is 13.1. The van der Waals surface area contributed by atoms with Crippen molar-refractivity contribution < 1.29 is 22.8 Å². The highest BCUT2D eigenvalue weighted by Crippen LogP contribution is 2.30. The molecule has 1 aliphatic carbocycles. The predicted molar refractivity (Wildman–Crippen MR) is 83.8 cm³/mol. The Hall–Kier alpha value is -2.85. The van der Waals surface area contributed by atoms with E-state index in [1.807, 2.05) is 0 Å². The molecule has 2 amide bonds. The van der Waals surface area contributed by atoms with Crippen molar-refractivity contribution in [2.45, 2.75) is 31.9 Å². The molecule has 0 radical (unpaired) electrons. The number of amides is 2. The van der Waals surface area contributed by atoms with Gasteiger partial charge in [-0.25, -0.2) is 4.98 Å². The maximum absolute atomic E-state index is 12.8. The van der Waals surface area contributed by atoms with Crippen molar-refractivity contribution in [1.29, 1.82) is 0 Å². The summed E-state index contributed by atoms with van der Waals surface area (Å²) < 4.78 is 38.4. The van der Waals surface area contributed by atoms with Crippen LogP contribution in [0.2, 0.25) is 0 Å². The average molecular weight is 358 g/mol. The number of nitrogens with zero attached hydrogens (tertiary/aromatic N) is 2. The number of rotatable bonds is 4. The second-order valence-electron chi connectivity index (χ2n) is 5.40. The number of primary amides is 1. The molecule has 6 N–H and O–H groups in total. The molecule has 136 valence electrons. The van der Waals surface area contributed by atoms with Crippen LogP contribution in [-0.4, -0.2) is 40.2 Å². The SMILES string of the molecule is NC(=O)c1[nH]cnc1NC(=O)CN=C1CCCCC1=C(N)C(F)(F)F. The molecular formula is C14H17F3N6O2. The number of carbonyl (C=O) groups excluding carboxylic acids is 2. The zero-order chi connectivity index (χ0) is 18.6. The molecule has 0 unspecified atom stereocenters. The maximum atomic E-state index is 12.8. The second-order valence-corrected chi connectivity index (χ2v) is 5.40. The van der Waals surface area contributed by atoms with Crippen molar-refractivity contribution in [2.75, 3.05) is 11.9 Å². The van der Waals surface area contributed by atoms with Crippen LogP contribution >= 0.6 is 0 Å². The van der Waals surface area contributed by atoms with Gasteiger partial charge in [-0.1, -0.05) is 0 Å². The number of hydrogen-bond acceptors (Lipinski definition) is 5. The van der Waals surface area contributed by atoms with E-state index in [2.05, 4.69) is 20.3 Å². The average Bonchev–Trinajstić information content (AvgIpc) is 3.00. The van der Waals surface area contributed by atoms with Gasteiger partial charge in [-0.3, -0.25) is 14.6 Å². The molecule has 1 aromatic rings. The molecule has 8 nitrogen and oxygen atoms in total. The van der Waals surface area contributed by atoms with Crippen LogP contribution in [0.1, 0.15) is 36.2 Å². The number of nitrogens with one attached hydrogen (secondary N) is 2. The summed E-state index contributed by atoms with van der Waals surface area (Å²) >= 11 is 0. The van der Waals surface area contributed by atoms with Gasteiger partial charge in [0.15, 0.2) is 5.82 Å². The van der Waals surface area contributed by atoms with Crippen LogP contribution in [0.3, 0.4) is 0 Å². The van der Waals surface area contributed by atoms with E-state index >= 15 is 0 Å². The number of nitrogens with two attached hydrogens (primary N) is 2. The van der Waals surface area contributed by atoms with E-state index in [4.69, 9.17) is 11.5 Å². The van der Waals surface area contributed by atoms with Crippen LogP contribution in [0.15, 0.2) is 22.6 Å². The van der Waals surface area contributed by atoms with Gasteiger partial charge >= 0.3 is 6.18 Å². The zero-order valence-corrected chi connectivity index (χ0v) is 13.1. The Morgan fingerprint density at radius 1 is 1.28 bits per heavy atom. The number of aromatic nitrogens is 2. The molecule has 0 aliphatic heterocycles. The number of anilines is 1. The van der Waals surface area contributed by atoms with Gasteiger partial charge in [0, 0.05) is 11.3 Å². The number of carbonyl (C=O) groups is 2. The lowest BCUT2D eigenvalue weighted by Crippen LogP contribution is -2.27. The topological polar surface area (TPSA) is 139 Å². The molecular weight excluding hydrogens is 341 g/mol. The number of hydrogen-bond donors (Lipinski definition) is 4. The Kier molecular flexibility index (Phi) is 5.45. The summed E-state index contributed by atoms with van der Waals surface area (Å²) in [6.45, 7) is -0.422. The highest BCUT2D eigenvalue weighted by Gasteiger charge is 2.35. The van der Waals surface area contributed by atoms with Crippen LogP contribution in [0.5, 0.6) is 0 Å². The van der Waals surface area contributed by atoms with Crippen molar-refractivity contribution in [1.82, 2.24) is 9.97 Å². The van der Waals surface area contributed by atoms with E-state index < -0.39 is 30.2 Å². The molecule has 0 atom stereocenters. The maximum Gasteiger partial charge on any atom is 0.431 e. The molecule has 1 aromatic heterocycles. The summed E-state index contributed by atoms with van der Waals surface area (Å²) in [4.78, 5) is 33.2. The molecule has 25 heavy (non-hydrogen) atoms. The quantitative estimate of drug-likeness (QED) is 0.643. The van der Waals surface area contributed by atoms with Crippen LogP contribution in [0.4, 0.5) is 19.0 Å². The van der Waals surface area contributed by atoms with Crippen molar-refractivity contribution >= 4 is 23.3 Å². The van der Waals surface area contributed by atoms with Crippen LogP contribution in [0.25, 0.3) is 0 Å². The van der Waals surface area contributed by atoms with Gasteiger partial charge in [0.2, 0.25) is 5.91 Å². The number of imidazole rings is 1. The van der Waals surface area contributed by atoms with E-state index in [1.165, 1.54) is 6.33 Å². The molecule has 1 saturated carbocycles. The molecule has 1 fully saturated rings. The fraction of sp³-hybridized carbons (Fsp3) is 0.429. The number of allylic oxidation sites excluding steroid dienone is 2. The minimum absolute atomic E-state index is 0.0630. The summed E-state index contributed by atoms with van der Waals surface area (Å²) in [6.07, 6.45) is -1.74. The van der Waals surface area contributed by atoms with Gasteiger partial charge in [-0.2, -0.15) is 13.2 Å². The summed E-state index contributed by atoms with van der Waals surface area (Å²) in [5.41, 5.74) is 9.15. The first kappa shape index (κ1) is 18.5. The number of aromatic amines is 1.